The van der Waals surface area contributed by atoms with E-state index in [1.807, 2.05) is 0 Å². The summed E-state index contributed by atoms with van der Waals surface area (Å²) in [6.45, 7) is -0.322. The molecule has 1 N–H and O–H groups in total. The van der Waals surface area contributed by atoms with Crippen LogP contribution in [0.2, 0.25) is 0 Å². The number of aliphatic hydroxyl groups is 1. The summed E-state index contributed by atoms with van der Waals surface area (Å²) in [6, 6.07) is 5.11. The quantitative estimate of drug-likeness (QED) is 0.896. The molecule has 0 saturated carbocycles. The number of benzene rings is 1. The molecule has 0 bridgehead atoms. The lowest BCUT2D eigenvalue weighted by Crippen LogP contribution is -2.33. The largest absolute Gasteiger partial charge is 0.497 e. The third-order valence-electron chi connectivity index (χ3n) is 4.66. The number of carbonyl (C=O) groups excluding carboxylic acids is 1. The number of methoxy groups -OCH3 is 1. The van der Waals surface area contributed by atoms with Gasteiger partial charge in [0.1, 0.15) is 23.1 Å². The molecule has 138 valence electrons. The second kappa shape index (κ2) is 6.87. The van der Waals surface area contributed by atoms with Crippen molar-refractivity contribution in [3.05, 3.63) is 57.5 Å². The lowest BCUT2D eigenvalue weighted by Gasteiger charge is -2.18. The average Bonchev–Trinajstić information content (AvgIpc) is 2.97. The fourth-order valence-electron chi connectivity index (χ4n) is 3.23. The van der Waals surface area contributed by atoms with Crippen LogP contribution in [0.4, 0.5) is 14.5 Å². The Morgan fingerprint density at radius 3 is 2.46 bits per heavy atom. The summed E-state index contributed by atoms with van der Waals surface area (Å²) in [5.74, 6) is -2.62. The van der Waals surface area contributed by atoms with Gasteiger partial charge in [0, 0.05) is 49.3 Å². The summed E-state index contributed by atoms with van der Waals surface area (Å²) in [4.78, 5) is 26.0. The Morgan fingerprint density at radius 2 is 1.88 bits per heavy atom. The highest BCUT2D eigenvalue weighted by molar-refractivity contribution is 5.96. The summed E-state index contributed by atoms with van der Waals surface area (Å²) >= 11 is 0. The van der Waals surface area contributed by atoms with E-state index in [2.05, 4.69) is 0 Å². The third-order valence-corrected chi connectivity index (χ3v) is 4.66. The van der Waals surface area contributed by atoms with E-state index in [9.17, 15) is 23.5 Å². The maximum absolute atomic E-state index is 14.3. The van der Waals surface area contributed by atoms with Crippen LogP contribution in [0, 0.1) is 11.6 Å². The van der Waals surface area contributed by atoms with Crippen LogP contribution in [0.1, 0.15) is 23.6 Å². The van der Waals surface area contributed by atoms with Gasteiger partial charge in [-0.25, -0.2) is 8.78 Å². The van der Waals surface area contributed by atoms with Crippen molar-refractivity contribution in [3.8, 4) is 5.75 Å². The number of aliphatic hydroxyl groups excluding tert-OH is 1. The number of carbonyl (C=O) groups is 1. The van der Waals surface area contributed by atoms with Crippen LogP contribution < -0.4 is 15.2 Å². The van der Waals surface area contributed by atoms with Gasteiger partial charge in [-0.1, -0.05) is 0 Å². The molecule has 0 unspecified atom stereocenters. The van der Waals surface area contributed by atoms with Crippen LogP contribution >= 0.6 is 0 Å². The van der Waals surface area contributed by atoms with Crippen molar-refractivity contribution in [1.82, 2.24) is 4.57 Å². The minimum absolute atomic E-state index is 0.00723. The normalized spacial score (nSPS) is 17.0. The molecule has 1 aliphatic rings. The zero-order valence-corrected chi connectivity index (χ0v) is 14.3. The molecule has 8 heteroatoms. The number of anilines is 1. The number of hydrogen-bond donors (Lipinski definition) is 1. The van der Waals surface area contributed by atoms with E-state index in [-0.39, 0.29) is 36.6 Å². The molecule has 1 aliphatic heterocycles. The van der Waals surface area contributed by atoms with Crippen molar-refractivity contribution in [2.45, 2.75) is 18.9 Å². The number of halogens is 2. The van der Waals surface area contributed by atoms with Crippen LogP contribution in [0.5, 0.6) is 5.75 Å². The molecule has 1 fully saturated rings. The van der Waals surface area contributed by atoms with E-state index in [0.717, 1.165) is 12.1 Å². The molecule has 0 radical (unpaired) electrons. The van der Waals surface area contributed by atoms with Crippen LogP contribution in [0.15, 0.2) is 29.1 Å². The molecule has 1 aromatic heterocycles. The van der Waals surface area contributed by atoms with Crippen LogP contribution in [0.25, 0.3) is 0 Å². The summed E-state index contributed by atoms with van der Waals surface area (Å²) in [7, 11) is 2.79. The predicted molar refractivity (Wildman–Crippen MR) is 90.2 cm³/mol. The highest BCUT2D eigenvalue weighted by atomic mass is 19.1. The van der Waals surface area contributed by atoms with E-state index in [4.69, 9.17) is 4.74 Å². The Balaban J connectivity index is 1.96. The fourth-order valence-corrected chi connectivity index (χ4v) is 3.23. The highest BCUT2D eigenvalue weighted by Crippen LogP contribution is 2.35. The third kappa shape index (κ3) is 2.96. The molecule has 1 atom stereocenters. The molecule has 1 aromatic carbocycles. The Kier molecular flexibility index (Phi) is 4.78. The molecule has 3 rings (SSSR count). The van der Waals surface area contributed by atoms with E-state index in [1.54, 1.807) is 0 Å². The van der Waals surface area contributed by atoms with Gasteiger partial charge in [0.2, 0.25) is 5.91 Å². The first-order valence-corrected chi connectivity index (χ1v) is 8.00. The van der Waals surface area contributed by atoms with E-state index >= 15 is 0 Å². The van der Waals surface area contributed by atoms with Gasteiger partial charge in [0.05, 0.1) is 13.7 Å². The molecule has 26 heavy (non-hydrogen) atoms. The zero-order valence-electron chi connectivity index (χ0n) is 14.3. The number of pyridine rings is 1. The van der Waals surface area contributed by atoms with Crippen molar-refractivity contribution < 1.29 is 23.4 Å². The maximum Gasteiger partial charge on any atom is 0.274 e. The Morgan fingerprint density at radius 1 is 1.23 bits per heavy atom. The second-order valence-electron chi connectivity index (χ2n) is 6.14. The SMILES string of the molecule is COc1cc(F)c([C@H]2CC(=O)N(c3ccc(CO)n(C)c3=O)C2)c(F)c1. The van der Waals surface area contributed by atoms with Crippen LogP contribution in [-0.2, 0) is 18.4 Å². The van der Waals surface area contributed by atoms with E-state index < -0.39 is 29.0 Å². The molecule has 0 aliphatic carbocycles. The Hall–Kier alpha value is -2.74. The standard InChI is InChI=1S/C18H18F2N2O4/c1-21-11(9-23)3-4-15(18(21)25)22-8-10(5-16(22)24)17-13(19)6-12(26-2)7-14(17)20/h3-4,6-7,10,23H,5,8-9H2,1-2H3/t10-/m0/s1. The van der Waals surface area contributed by atoms with Gasteiger partial charge in [-0.2, -0.15) is 0 Å². The first-order valence-electron chi connectivity index (χ1n) is 8.00. The van der Waals surface area contributed by atoms with Gasteiger partial charge < -0.3 is 19.3 Å². The van der Waals surface area contributed by atoms with E-state index in [0.29, 0.717) is 5.69 Å². The average molecular weight is 364 g/mol. The van der Waals surface area contributed by atoms with Crippen molar-refractivity contribution in [1.29, 1.82) is 0 Å². The summed E-state index contributed by atoms with van der Waals surface area (Å²) in [5, 5.41) is 9.21. The second-order valence-corrected chi connectivity index (χ2v) is 6.14. The Bertz CT molecular complexity index is 903. The number of ether oxygens (including phenoxy) is 1. The molecule has 2 aromatic rings. The summed E-state index contributed by atoms with van der Waals surface area (Å²) in [6.07, 6.45) is -0.106. The lowest BCUT2D eigenvalue weighted by atomic mass is 9.97. The number of hydrogen-bond acceptors (Lipinski definition) is 4. The van der Waals surface area contributed by atoms with Crippen molar-refractivity contribution in [2.75, 3.05) is 18.6 Å². The molecular formula is C18H18F2N2O4. The van der Waals surface area contributed by atoms with Crippen molar-refractivity contribution in [2.24, 2.45) is 7.05 Å². The topological polar surface area (TPSA) is 71.8 Å². The predicted octanol–water partition coefficient (Wildman–Crippen LogP) is 1.68. The summed E-state index contributed by atoms with van der Waals surface area (Å²) in [5.41, 5.74) is -0.132. The smallest absolute Gasteiger partial charge is 0.274 e. The van der Waals surface area contributed by atoms with Crippen molar-refractivity contribution in [3.63, 3.8) is 0 Å². The van der Waals surface area contributed by atoms with Gasteiger partial charge in [0.25, 0.3) is 5.56 Å². The molecule has 0 spiro atoms. The minimum atomic E-state index is -0.787. The molecular weight excluding hydrogens is 346 g/mol. The van der Waals surface area contributed by atoms with Gasteiger partial charge >= 0.3 is 0 Å². The highest BCUT2D eigenvalue weighted by Gasteiger charge is 2.36. The molecule has 1 amide bonds. The number of amides is 1. The van der Waals surface area contributed by atoms with Gasteiger partial charge in [-0.05, 0) is 12.1 Å². The first kappa shape index (κ1) is 18.1. The molecule has 1 saturated heterocycles. The number of nitrogens with zero attached hydrogens (tertiary/aromatic N) is 2. The van der Waals surface area contributed by atoms with Gasteiger partial charge in [-0.3, -0.25) is 9.59 Å². The fraction of sp³-hybridized carbons (Fsp3) is 0.333. The van der Waals surface area contributed by atoms with Crippen LogP contribution in [-0.4, -0.2) is 29.2 Å². The molecule has 2 heterocycles. The van der Waals surface area contributed by atoms with Gasteiger partial charge in [-0.15, -0.1) is 0 Å². The Labute approximate surface area is 148 Å². The summed E-state index contributed by atoms with van der Waals surface area (Å²) < 4.78 is 34.7. The first-order chi connectivity index (χ1) is 12.4. The van der Waals surface area contributed by atoms with E-state index in [1.165, 1.54) is 35.8 Å². The zero-order chi connectivity index (χ0) is 19.0. The molecule has 6 nitrogen and oxygen atoms in total. The maximum atomic E-state index is 14.3. The number of aromatic nitrogens is 1. The lowest BCUT2D eigenvalue weighted by molar-refractivity contribution is -0.117. The van der Waals surface area contributed by atoms with Gasteiger partial charge in [0.15, 0.2) is 0 Å². The van der Waals surface area contributed by atoms with Crippen LogP contribution in [0.3, 0.4) is 0 Å². The number of rotatable bonds is 4. The van der Waals surface area contributed by atoms with Crippen molar-refractivity contribution >= 4 is 11.6 Å². The minimum Gasteiger partial charge on any atom is -0.497 e. The monoisotopic (exact) mass is 364 g/mol.